The fourth-order valence-electron chi connectivity index (χ4n) is 3.74. The molecular weight excluding hydrogens is 361 g/mol. The molecule has 1 aliphatic heterocycles. The second-order valence-corrected chi connectivity index (χ2v) is 7.05. The summed E-state index contributed by atoms with van der Waals surface area (Å²) in [7, 11) is 0. The number of hydrogen-bond donors (Lipinski definition) is 1. The zero-order chi connectivity index (χ0) is 19.5. The topological polar surface area (TPSA) is 67.2 Å². The summed E-state index contributed by atoms with van der Waals surface area (Å²) in [5.74, 6) is -0.744. The molecule has 0 atom stereocenters. The third-order valence-corrected chi connectivity index (χ3v) is 5.26. The highest BCUT2D eigenvalue weighted by atomic mass is 19.4. The van der Waals surface area contributed by atoms with Gasteiger partial charge in [0.1, 0.15) is 12.1 Å². The largest absolute Gasteiger partial charge is 0.405 e. The van der Waals surface area contributed by atoms with Crippen molar-refractivity contribution in [3.05, 3.63) is 30.1 Å². The van der Waals surface area contributed by atoms with Gasteiger partial charge < -0.3 is 10.2 Å². The molecule has 1 aromatic heterocycles. The predicted octanol–water partition coefficient (Wildman–Crippen LogP) is 2.38. The standard InChI is InChI=1S/C18H23F3N4O2/c19-18(20,21)13-22-16(27)17(25-10-4-9-23-25)7-11-24(12-8-17)15(26)14-5-2-1-3-6-14/h4-5,9-10H,1-3,6-8,11-13H2,(H,22,27). The lowest BCUT2D eigenvalue weighted by molar-refractivity contribution is -0.147. The Morgan fingerprint density at radius 2 is 1.96 bits per heavy atom. The van der Waals surface area contributed by atoms with Crippen LogP contribution in [-0.2, 0) is 15.1 Å². The minimum atomic E-state index is -4.48. The van der Waals surface area contributed by atoms with Crippen molar-refractivity contribution >= 4 is 11.8 Å². The van der Waals surface area contributed by atoms with Crippen molar-refractivity contribution in [3.63, 3.8) is 0 Å². The molecule has 1 N–H and O–H groups in total. The van der Waals surface area contributed by atoms with Crippen LogP contribution in [0.25, 0.3) is 0 Å². The zero-order valence-electron chi connectivity index (χ0n) is 15.0. The normalized spacial score (nSPS) is 20.1. The van der Waals surface area contributed by atoms with E-state index in [9.17, 15) is 22.8 Å². The van der Waals surface area contributed by atoms with Crippen LogP contribution in [0, 0.1) is 0 Å². The Morgan fingerprint density at radius 3 is 2.52 bits per heavy atom. The number of hydrogen-bond acceptors (Lipinski definition) is 3. The van der Waals surface area contributed by atoms with Crippen LogP contribution >= 0.6 is 0 Å². The molecule has 27 heavy (non-hydrogen) atoms. The summed E-state index contributed by atoms with van der Waals surface area (Å²) >= 11 is 0. The van der Waals surface area contributed by atoms with Gasteiger partial charge in [-0.15, -0.1) is 0 Å². The minimum absolute atomic E-state index is 0.0283. The van der Waals surface area contributed by atoms with Crippen molar-refractivity contribution in [1.82, 2.24) is 20.0 Å². The summed E-state index contributed by atoms with van der Waals surface area (Å²) in [5, 5.41) is 6.09. The highest BCUT2D eigenvalue weighted by molar-refractivity contribution is 5.94. The summed E-state index contributed by atoms with van der Waals surface area (Å²) in [5.41, 5.74) is -0.415. The SMILES string of the molecule is O=C(C1=CCCCC1)N1CCC(C(=O)NCC(F)(F)F)(n2cccn2)CC1. The number of nitrogens with one attached hydrogen (secondary N) is 1. The molecule has 148 valence electrons. The van der Waals surface area contributed by atoms with E-state index < -0.39 is 24.2 Å². The molecule has 9 heteroatoms. The van der Waals surface area contributed by atoms with Crippen LogP contribution in [-0.4, -0.2) is 52.3 Å². The van der Waals surface area contributed by atoms with Gasteiger partial charge in [0.2, 0.25) is 11.8 Å². The molecule has 2 aliphatic rings. The Bertz CT molecular complexity index is 705. The van der Waals surface area contributed by atoms with Crippen LogP contribution in [0.2, 0.25) is 0 Å². The molecule has 1 fully saturated rings. The molecule has 0 spiro atoms. The monoisotopic (exact) mass is 384 g/mol. The quantitative estimate of drug-likeness (QED) is 0.867. The van der Waals surface area contributed by atoms with Crippen LogP contribution in [0.4, 0.5) is 13.2 Å². The van der Waals surface area contributed by atoms with E-state index >= 15 is 0 Å². The molecule has 0 aromatic carbocycles. The van der Waals surface area contributed by atoms with E-state index in [1.54, 1.807) is 17.2 Å². The number of aromatic nitrogens is 2. The number of nitrogens with zero attached hydrogens (tertiary/aromatic N) is 3. The van der Waals surface area contributed by atoms with Crippen molar-refractivity contribution in [2.45, 2.75) is 50.2 Å². The van der Waals surface area contributed by atoms with Gasteiger partial charge in [0.25, 0.3) is 0 Å². The Morgan fingerprint density at radius 1 is 1.22 bits per heavy atom. The van der Waals surface area contributed by atoms with Gasteiger partial charge in [-0.3, -0.25) is 14.3 Å². The molecule has 0 unspecified atom stereocenters. The van der Waals surface area contributed by atoms with Crippen molar-refractivity contribution in [2.75, 3.05) is 19.6 Å². The molecule has 2 heterocycles. The maximum absolute atomic E-state index is 12.7. The van der Waals surface area contributed by atoms with Crippen molar-refractivity contribution < 1.29 is 22.8 Å². The van der Waals surface area contributed by atoms with E-state index in [1.807, 2.05) is 11.4 Å². The first kappa shape index (κ1) is 19.4. The first-order valence-corrected chi connectivity index (χ1v) is 9.15. The third-order valence-electron chi connectivity index (χ3n) is 5.26. The number of amides is 2. The van der Waals surface area contributed by atoms with Crippen LogP contribution in [0.1, 0.15) is 38.5 Å². The van der Waals surface area contributed by atoms with E-state index in [-0.39, 0.29) is 18.7 Å². The number of allylic oxidation sites excluding steroid dienone is 1. The lowest BCUT2D eigenvalue weighted by Gasteiger charge is -2.41. The first-order valence-electron chi connectivity index (χ1n) is 9.15. The molecule has 1 aromatic rings. The Kier molecular flexibility index (Phi) is 5.57. The van der Waals surface area contributed by atoms with Gasteiger partial charge in [-0.2, -0.15) is 18.3 Å². The number of carbonyl (C=O) groups is 2. The summed E-state index contributed by atoms with van der Waals surface area (Å²) < 4.78 is 39.0. The van der Waals surface area contributed by atoms with Crippen molar-refractivity contribution in [2.24, 2.45) is 0 Å². The van der Waals surface area contributed by atoms with Gasteiger partial charge in [-0.05, 0) is 44.6 Å². The zero-order valence-corrected chi connectivity index (χ0v) is 15.0. The fourth-order valence-corrected chi connectivity index (χ4v) is 3.74. The second kappa shape index (κ2) is 7.74. The summed E-state index contributed by atoms with van der Waals surface area (Å²) in [4.78, 5) is 27.0. The smallest absolute Gasteiger partial charge is 0.345 e. The van der Waals surface area contributed by atoms with Crippen molar-refractivity contribution in [3.8, 4) is 0 Å². The predicted molar refractivity (Wildman–Crippen MR) is 91.6 cm³/mol. The number of carbonyl (C=O) groups excluding carboxylic acids is 2. The van der Waals surface area contributed by atoms with Gasteiger partial charge in [-0.1, -0.05) is 6.08 Å². The van der Waals surface area contributed by atoms with E-state index in [2.05, 4.69) is 5.10 Å². The summed E-state index contributed by atoms with van der Waals surface area (Å²) in [6.45, 7) is -0.782. The Balaban J connectivity index is 1.72. The lowest BCUT2D eigenvalue weighted by atomic mass is 9.85. The number of piperidine rings is 1. The van der Waals surface area contributed by atoms with Crippen LogP contribution in [0.5, 0.6) is 0 Å². The van der Waals surface area contributed by atoms with Gasteiger partial charge >= 0.3 is 6.18 Å². The van der Waals surface area contributed by atoms with E-state index in [1.165, 1.54) is 10.9 Å². The van der Waals surface area contributed by atoms with E-state index in [4.69, 9.17) is 0 Å². The maximum atomic E-state index is 12.7. The van der Waals surface area contributed by atoms with Gasteiger partial charge in [0.05, 0.1) is 0 Å². The lowest BCUT2D eigenvalue weighted by Crippen LogP contribution is -2.57. The Hall–Kier alpha value is -2.32. The molecule has 0 saturated carbocycles. The average Bonchev–Trinajstić information content (AvgIpc) is 3.21. The fraction of sp³-hybridized carbons (Fsp3) is 0.611. The van der Waals surface area contributed by atoms with Crippen LogP contribution < -0.4 is 5.32 Å². The summed E-state index contributed by atoms with van der Waals surface area (Å²) in [6, 6.07) is 1.63. The molecule has 0 radical (unpaired) electrons. The second-order valence-electron chi connectivity index (χ2n) is 7.05. The van der Waals surface area contributed by atoms with E-state index in [0.29, 0.717) is 13.1 Å². The molecule has 0 bridgehead atoms. The van der Waals surface area contributed by atoms with Crippen molar-refractivity contribution in [1.29, 1.82) is 0 Å². The molecule has 3 rings (SSSR count). The Labute approximate surface area is 155 Å². The highest BCUT2D eigenvalue weighted by Gasteiger charge is 2.45. The highest BCUT2D eigenvalue weighted by Crippen LogP contribution is 2.32. The van der Waals surface area contributed by atoms with Gasteiger partial charge in [0.15, 0.2) is 0 Å². The number of alkyl halides is 3. The number of likely N-dealkylation sites (tertiary alicyclic amines) is 1. The summed E-state index contributed by atoms with van der Waals surface area (Å²) in [6.07, 6.45) is 4.72. The average molecular weight is 384 g/mol. The molecular formula is C18H23F3N4O2. The maximum Gasteiger partial charge on any atom is 0.405 e. The van der Waals surface area contributed by atoms with Crippen LogP contribution in [0.3, 0.4) is 0 Å². The molecule has 1 aliphatic carbocycles. The molecule has 1 saturated heterocycles. The van der Waals surface area contributed by atoms with E-state index in [0.717, 1.165) is 31.3 Å². The van der Waals surface area contributed by atoms with Crippen LogP contribution in [0.15, 0.2) is 30.1 Å². The molecule has 2 amide bonds. The number of halogens is 3. The van der Waals surface area contributed by atoms with Gasteiger partial charge in [-0.25, -0.2) is 0 Å². The molecule has 6 nitrogen and oxygen atoms in total. The van der Waals surface area contributed by atoms with Gasteiger partial charge in [0, 0.05) is 31.1 Å². The third kappa shape index (κ3) is 4.33. The first-order chi connectivity index (χ1) is 12.8. The minimum Gasteiger partial charge on any atom is -0.345 e. The number of rotatable bonds is 4.